The Morgan fingerprint density at radius 1 is 1.52 bits per heavy atom. The SMILES string of the molecule is CS(=O)(=O)NCCC1CCCCN1C(=O)c1csc(I)c1. The fraction of sp³-hybridized carbons (Fsp3) is 0.615. The van der Waals surface area contributed by atoms with Crippen molar-refractivity contribution in [3.63, 3.8) is 0 Å². The minimum absolute atomic E-state index is 0.0678. The van der Waals surface area contributed by atoms with Crippen LogP contribution in [-0.2, 0) is 10.0 Å². The molecule has 118 valence electrons. The molecule has 1 aromatic rings. The van der Waals surface area contributed by atoms with E-state index in [0.717, 1.165) is 40.5 Å². The lowest BCUT2D eigenvalue weighted by atomic mass is 9.98. The molecule has 1 fully saturated rings. The molecule has 0 aromatic carbocycles. The molecule has 1 atom stereocenters. The van der Waals surface area contributed by atoms with Gasteiger partial charge in [-0.25, -0.2) is 13.1 Å². The standard InChI is InChI=1S/C13H19IN2O3S2/c1-21(18,19)15-6-5-11-4-2-3-7-16(11)13(17)10-8-12(14)20-9-10/h8-9,11,15H,2-7H2,1H3. The number of piperidine rings is 1. The summed E-state index contributed by atoms with van der Waals surface area (Å²) in [5.41, 5.74) is 0.743. The fourth-order valence-corrected chi connectivity index (χ4v) is 4.38. The maximum Gasteiger partial charge on any atom is 0.254 e. The van der Waals surface area contributed by atoms with E-state index in [4.69, 9.17) is 0 Å². The number of halogens is 1. The van der Waals surface area contributed by atoms with Gasteiger partial charge in [0.25, 0.3) is 5.91 Å². The number of likely N-dealkylation sites (tertiary alicyclic amines) is 1. The van der Waals surface area contributed by atoms with Crippen molar-refractivity contribution in [2.24, 2.45) is 0 Å². The lowest BCUT2D eigenvalue weighted by Gasteiger charge is -2.35. The third-order valence-corrected chi connectivity index (χ3v) is 6.06. The molecular formula is C13H19IN2O3S2. The maximum atomic E-state index is 12.6. The lowest BCUT2D eigenvalue weighted by molar-refractivity contribution is 0.0604. The van der Waals surface area contributed by atoms with Crippen LogP contribution in [0.5, 0.6) is 0 Å². The van der Waals surface area contributed by atoms with Gasteiger partial charge in [0.05, 0.1) is 14.7 Å². The van der Waals surface area contributed by atoms with Crippen LogP contribution in [0.4, 0.5) is 0 Å². The van der Waals surface area contributed by atoms with Gasteiger partial charge in [-0.2, -0.15) is 0 Å². The highest BCUT2D eigenvalue weighted by atomic mass is 127. The van der Waals surface area contributed by atoms with Crippen molar-refractivity contribution in [1.82, 2.24) is 9.62 Å². The molecule has 0 radical (unpaired) electrons. The average Bonchev–Trinajstić information content (AvgIpc) is 2.84. The van der Waals surface area contributed by atoms with Gasteiger partial charge in [0.1, 0.15) is 0 Å². The van der Waals surface area contributed by atoms with Gasteiger partial charge in [-0.05, 0) is 54.3 Å². The highest BCUT2D eigenvalue weighted by molar-refractivity contribution is 14.1. The summed E-state index contributed by atoms with van der Waals surface area (Å²) >= 11 is 3.78. The molecular weight excluding hydrogens is 423 g/mol. The summed E-state index contributed by atoms with van der Waals surface area (Å²) < 4.78 is 25.9. The zero-order valence-electron chi connectivity index (χ0n) is 11.8. The first-order valence-corrected chi connectivity index (χ1v) is 10.7. The van der Waals surface area contributed by atoms with Gasteiger partial charge in [0.15, 0.2) is 0 Å². The summed E-state index contributed by atoms with van der Waals surface area (Å²) in [6, 6.07) is 2.03. The van der Waals surface area contributed by atoms with Crippen LogP contribution in [0.15, 0.2) is 11.4 Å². The number of carbonyl (C=O) groups is 1. The Balaban J connectivity index is 1.99. The van der Waals surface area contributed by atoms with Gasteiger partial charge in [-0.1, -0.05) is 0 Å². The van der Waals surface area contributed by atoms with Crippen molar-refractivity contribution < 1.29 is 13.2 Å². The average molecular weight is 442 g/mol. The highest BCUT2D eigenvalue weighted by Gasteiger charge is 2.27. The molecule has 1 aliphatic heterocycles. The molecule has 1 aromatic heterocycles. The van der Waals surface area contributed by atoms with E-state index in [0.29, 0.717) is 13.0 Å². The second-order valence-corrected chi connectivity index (χ2v) is 9.88. The zero-order valence-corrected chi connectivity index (χ0v) is 15.6. The number of amides is 1. The number of carbonyl (C=O) groups excluding carboxylic acids is 1. The van der Waals surface area contributed by atoms with E-state index in [-0.39, 0.29) is 11.9 Å². The van der Waals surface area contributed by atoms with Gasteiger partial charge in [-0.15, -0.1) is 11.3 Å². The van der Waals surface area contributed by atoms with Crippen molar-refractivity contribution >= 4 is 49.9 Å². The quantitative estimate of drug-likeness (QED) is 0.712. The molecule has 1 unspecified atom stereocenters. The van der Waals surface area contributed by atoms with E-state index < -0.39 is 10.0 Å². The number of nitrogens with one attached hydrogen (secondary N) is 1. The Morgan fingerprint density at radius 2 is 2.29 bits per heavy atom. The van der Waals surface area contributed by atoms with Gasteiger partial charge >= 0.3 is 0 Å². The smallest absolute Gasteiger partial charge is 0.254 e. The van der Waals surface area contributed by atoms with Crippen LogP contribution in [-0.4, -0.2) is 44.6 Å². The van der Waals surface area contributed by atoms with Crippen LogP contribution < -0.4 is 4.72 Å². The first kappa shape index (κ1) is 17.2. The highest BCUT2D eigenvalue weighted by Crippen LogP contribution is 2.24. The molecule has 1 amide bonds. The van der Waals surface area contributed by atoms with Crippen LogP contribution in [0.25, 0.3) is 0 Å². The predicted octanol–water partition coefficient (Wildman–Crippen LogP) is 2.29. The molecule has 0 spiro atoms. The molecule has 0 aliphatic carbocycles. The van der Waals surface area contributed by atoms with E-state index in [9.17, 15) is 13.2 Å². The number of thiophene rings is 1. The molecule has 1 aliphatic rings. The Hall–Kier alpha value is -0.190. The van der Waals surface area contributed by atoms with Gasteiger partial charge < -0.3 is 4.90 Å². The molecule has 5 nitrogen and oxygen atoms in total. The van der Waals surface area contributed by atoms with Crippen LogP contribution in [0.2, 0.25) is 0 Å². The summed E-state index contributed by atoms with van der Waals surface area (Å²) in [7, 11) is -3.16. The van der Waals surface area contributed by atoms with E-state index >= 15 is 0 Å². The molecule has 8 heteroatoms. The number of sulfonamides is 1. The lowest BCUT2D eigenvalue weighted by Crippen LogP contribution is -2.45. The van der Waals surface area contributed by atoms with Gasteiger partial charge in [-0.3, -0.25) is 4.79 Å². The Morgan fingerprint density at radius 3 is 2.90 bits per heavy atom. The second-order valence-electron chi connectivity index (χ2n) is 5.24. The summed E-state index contributed by atoms with van der Waals surface area (Å²) in [4.78, 5) is 14.5. The zero-order chi connectivity index (χ0) is 15.5. The Kier molecular flexibility index (Phi) is 6.04. The summed E-state index contributed by atoms with van der Waals surface area (Å²) in [6.45, 7) is 1.14. The third kappa shape index (κ3) is 5.19. The summed E-state index contributed by atoms with van der Waals surface area (Å²) in [5, 5.41) is 1.89. The molecule has 1 saturated heterocycles. The van der Waals surface area contributed by atoms with Crippen molar-refractivity contribution in [1.29, 1.82) is 0 Å². The Labute approximate surface area is 143 Å². The first-order valence-electron chi connectivity index (χ1n) is 6.86. The normalized spacial score (nSPS) is 19.7. The number of nitrogens with zero attached hydrogens (tertiary/aromatic N) is 1. The van der Waals surface area contributed by atoms with Crippen LogP contribution in [0.3, 0.4) is 0 Å². The molecule has 2 heterocycles. The summed E-state index contributed by atoms with van der Waals surface area (Å²) in [5.74, 6) is 0.0678. The largest absolute Gasteiger partial charge is 0.336 e. The van der Waals surface area contributed by atoms with Gasteiger partial charge in [0, 0.05) is 24.5 Å². The number of hydrogen-bond donors (Lipinski definition) is 1. The first-order chi connectivity index (χ1) is 9.87. The molecule has 0 bridgehead atoms. The molecule has 1 N–H and O–H groups in total. The molecule has 21 heavy (non-hydrogen) atoms. The maximum absolute atomic E-state index is 12.6. The van der Waals surface area contributed by atoms with E-state index in [1.54, 1.807) is 11.3 Å². The minimum Gasteiger partial charge on any atom is -0.336 e. The topological polar surface area (TPSA) is 66.5 Å². The van der Waals surface area contributed by atoms with Crippen LogP contribution in [0, 0.1) is 2.88 Å². The number of rotatable bonds is 5. The molecule has 0 saturated carbocycles. The second kappa shape index (κ2) is 7.38. The third-order valence-electron chi connectivity index (χ3n) is 3.54. The van der Waals surface area contributed by atoms with E-state index in [1.807, 2.05) is 16.3 Å². The van der Waals surface area contributed by atoms with E-state index in [2.05, 4.69) is 27.3 Å². The van der Waals surface area contributed by atoms with Gasteiger partial charge in [0.2, 0.25) is 10.0 Å². The van der Waals surface area contributed by atoms with Crippen molar-refractivity contribution in [2.75, 3.05) is 19.3 Å². The van der Waals surface area contributed by atoms with Crippen LogP contribution in [0.1, 0.15) is 36.0 Å². The minimum atomic E-state index is -3.16. The Bertz CT molecular complexity index is 600. The molecule has 2 rings (SSSR count). The van der Waals surface area contributed by atoms with Crippen molar-refractivity contribution in [3.05, 3.63) is 19.9 Å². The summed E-state index contributed by atoms with van der Waals surface area (Å²) in [6.07, 6.45) is 4.88. The van der Waals surface area contributed by atoms with Crippen molar-refractivity contribution in [3.8, 4) is 0 Å². The van der Waals surface area contributed by atoms with Crippen molar-refractivity contribution in [2.45, 2.75) is 31.7 Å². The predicted molar refractivity (Wildman–Crippen MR) is 93.2 cm³/mol. The van der Waals surface area contributed by atoms with Crippen LogP contribution >= 0.6 is 33.9 Å². The monoisotopic (exact) mass is 442 g/mol. The number of hydrogen-bond acceptors (Lipinski definition) is 4. The fourth-order valence-electron chi connectivity index (χ4n) is 2.57. The van der Waals surface area contributed by atoms with E-state index in [1.165, 1.54) is 0 Å².